The Labute approximate surface area is 526 Å². The Morgan fingerprint density at radius 2 is 0.424 bits per heavy atom. The highest BCUT2D eigenvalue weighted by molar-refractivity contribution is 6.11. The lowest BCUT2D eigenvalue weighted by Gasteiger charge is -2.15. The summed E-state index contributed by atoms with van der Waals surface area (Å²) in [4.78, 5) is 148. The van der Waals surface area contributed by atoms with Crippen LogP contribution in [0.2, 0.25) is 0 Å². The van der Waals surface area contributed by atoms with E-state index in [-0.39, 0.29) is 74.4 Å². The molecule has 6 rings (SSSR count). The third-order valence-electron chi connectivity index (χ3n) is 13.7. The molecule has 0 spiro atoms. The van der Waals surface area contributed by atoms with Crippen LogP contribution in [-0.4, -0.2) is 161 Å². The monoisotopic (exact) mass is 1270 g/mol. The molecule has 0 atom stereocenters. The minimum Gasteiger partial charge on any atom is -0.478 e. The lowest BCUT2D eigenvalue weighted by atomic mass is 9.96. The zero-order chi connectivity index (χ0) is 68.8. The molecule has 0 bridgehead atoms. The van der Waals surface area contributed by atoms with Gasteiger partial charge in [0.25, 0.3) is 0 Å². The number of esters is 4. The Bertz CT molecular complexity index is 3560. The van der Waals surface area contributed by atoms with Crippen LogP contribution in [0, 0.1) is 0 Å². The summed E-state index contributed by atoms with van der Waals surface area (Å²) >= 11 is 0. The summed E-state index contributed by atoms with van der Waals surface area (Å²) < 4.78 is 20.8. The van der Waals surface area contributed by atoms with Crippen LogP contribution in [0.25, 0.3) is 0 Å². The maximum absolute atomic E-state index is 12.9. The molecular weight excluding hydrogens is 1200 g/mol. The minimum absolute atomic E-state index is 0.180. The van der Waals surface area contributed by atoms with Crippen LogP contribution in [-0.2, 0) is 44.6 Å². The average molecular weight is 1270 g/mol. The molecule has 0 aromatic heterocycles. The third-order valence-corrected chi connectivity index (χ3v) is 13.7. The summed E-state index contributed by atoms with van der Waals surface area (Å²) in [6.07, 6.45) is 0.722. The number of carboxylic acids is 4. The molecule has 484 valence electrons. The fraction of sp³-hybridized carbons (Fsp3) is 0.294. The fourth-order valence-corrected chi connectivity index (χ4v) is 8.64. The zero-order valence-electron chi connectivity index (χ0n) is 51.3. The Morgan fingerprint density at radius 3 is 0.576 bits per heavy atom. The molecule has 0 aliphatic rings. The molecule has 24 heteroatoms. The van der Waals surface area contributed by atoms with Crippen molar-refractivity contribution < 1.29 is 117 Å². The maximum atomic E-state index is 12.9. The first-order valence-corrected chi connectivity index (χ1v) is 28.2. The molecule has 0 heterocycles. The summed E-state index contributed by atoms with van der Waals surface area (Å²) in [6, 6.07) is 27.9. The van der Waals surface area contributed by atoms with Crippen LogP contribution >= 0.6 is 0 Å². The standard InChI is InChI=1S/2C34H34O12/c1-33(2,43)27(35)21-9-5-19(6-10-21)13-15-45-31(41)25-17-24(30(39)40)26(18-23(25)29(37)38)32(42)46-16-14-20-7-11-22(12-8-20)28(36)34(3,4)44;1-33(2,43)27(35)21-9-5-19(6-10-21)13-15-45-31(41)25-18-26(24(30(39)40)17-23(25)29(37)38)32(42)46-16-14-20-7-11-22(12-8-20)28(36)34(3,4)44/h2*5-12,17-18,43-44H,13-16H2,1-4H3,(H,37,38)(H,39,40). The fourth-order valence-electron chi connectivity index (χ4n) is 8.64. The van der Waals surface area contributed by atoms with Crippen LogP contribution in [0.5, 0.6) is 0 Å². The quantitative estimate of drug-likeness (QED) is 0.0133. The number of Topliss-reactive ketones (excluding diaryl/α,β-unsaturated/α-hetero) is 4. The molecule has 0 aliphatic carbocycles. The molecule has 0 amide bonds. The second kappa shape index (κ2) is 30.4. The van der Waals surface area contributed by atoms with Crippen LogP contribution in [0.3, 0.4) is 0 Å². The normalized spacial score (nSPS) is 11.4. The van der Waals surface area contributed by atoms with E-state index in [2.05, 4.69) is 0 Å². The van der Waals surface area contributed by atoms with Crippen molar-refractivity contribution in [2.45, 2.75) is 103 Å². The van der Waals surface area contributed by atoms with Crippen molar-refractivity contribution in [1.82, 2.24) is 0 Å². The molecule has 0 aliphatic heterocycles. The number of carboxylic acid groups (broad SMARTS) is 4. The Kier molecular flexibility index (Phi) is 23.9. The third kappa shape index (κ3) is 19.8. The molecule has 0 saturated carbocycles. The highest BCUT2D eigenvalue weighted by atomic mass is 16.5. The first kappa shape index (κ1) is 72.3. The van der Waals surface area contributed by atoms with Crippen molar-refractivity contribution in [3.05, 3.63) is 210 Å². The van der Waals surface area contributed by atoms with Gasteiger partial charge in [0, 0.05) is 47.9 Å². The van der Waals surface area contributed by atoms with Crippen molar-refractivity contribution in [2.24, 2.45) is 0 Å². The van der Waals surface area contributed by atoms with Crippen molar-refractivity contribution in [2.75, 3.05) is 26.4 Å². The molecule has 0 saturated heterocycles. The van der Waals surface area contributed by atoms with E-state index in [4.69, 9.17) is 18.9 Å². The number of ketones is 4. The number of hydrogen-bond donors (Lipinski definition) is 8. The highest BCUT2D eigenvalue weighted by Crippen LogP contribution is 2.25. The number of aromatic carboxylic acids is 4. The smallest absolute Gasteiger partial charge is 0.339 e. The van der Waals surface area contributed by atoms with E-state index in [0.29, 0.717) is 28.3 Å². The number of rotatable bonds is 28. The second-order valence-corrected chi connectivity index (χ2v) is 23.0. The average Bonchev–Trinajstić information content (AvgIpc) is 0.829. The molecule has 24 nitrogen and oxygen atoms in total. The highest BCUT2D eigenvalue weighted by Gasteiger charge is 2.32. The molecule has 6 aromatic carbocycles. The van der Waals surface area contributed by atoms with E-state index in [9.17, 15) is 98.4 Å². The van der Waals surface area contributed by atoms with E-state index >= 15 is 0 Å². The van der Waals surface area contributed by atoms with Crippen molar-refractivity contribution >= 4 is 70.9 Å². The van der Waals surface area contributed by atoms with Crippen molar-refractivity contribution in [1.29, 1.82) is 0 Å². The molecule has 6 aromatic rings. The second-order valence-electron chi connectivity index (χ2n) is 23.0. The molecule has 0 fully saturated rings. The minimum atomic E-state index is -1.62. The molecular formula is C68H68O24. The van der Waals surface area contributed by atoms with E-state index < -0.39 is 138 Å². The SMILES string of the molecule is CC(C)(O)C(=O)c1ccc(CCOC(=O)c2cc(C(=O)O)c(C(=O)OCCc3ccc(C(=O)C(C)(C)O)cc3)cc2C(=O)O)cc1.CC(C)(O)C(=O)c1ccc(CCOC(=O)c2cc(C(=O)OCCc3ccc(C(=O)C(C)(C)O)cc3)c(C(=O)O)cc2C(=O)O)cc1. The van der Waals surface area contributed by atoms with Crippen LogP contribution < -0.4 is 0 Å². The van der Waals surface area contributed by atoms with Gasteiger partial charge in [0.05, 0.1) is 70.9 Å². The van der Waals surface area contributed by atoms with Gasteiger partial charge >= 0.3 is 47.8 Å². The van der Waals surface area contributed by atoms with Gasteiger partial charge in [-0.1, -0.05) is 97.1 Å². The predicted octanol–water partition coefficient (Wildman–Crippen LogP) is 7.58. The summed E-state index contributed by atoms with van der Waals surface area (Å²) in [6.45, 7) is 10.1. The van der Waals surface area contributed by atoms with Crippen LogP contribution in [0.15, 0.2) is 121 Å². The molecule has 92 heavy (non-hydrogen) atoms. The van der Waals surface area contributed by atoms with E-state index in [1.807, 2.05) is 0 Å². The van der Waals surface area contributed by atoms with Gasteiger partial charge in [0.2, 0.25) is 0 Å². The number of carbonyl (C=O) groups is 12. The predicted molar refractivity (Wildman–Crippen MR) is 325 cm³/mol. The maximum Gasteiger partial charge on any atom is 0.339 e. The van der Waals surface area contributed by atoms with Crippen LogP contribution in [0.4, 0.5) is 0 Å². The van der Waals surface area contributed by atoms with E-state index in [1.54, 1.807) is 48.5 Å². The molecule has 0 unspecified atom stereocenters. The number of ether oxygens (including phenoxy) is 4. The van der Waals surface area contributed by atoms with E-state index in [1.165, 1.54) is 104 Å². The first-order chi connectivity index (χ1) is 42.8. The largest absolute Gasteiger partial charge is 0.478 e. The van der Waals surface area contributed by atoms with Crippen LogP contribution in [0.1, 0.15) is 202 Å². The molecule has 0 radical (unpaired) electrons. The topological polar surface area (TPSA) is 404 Å². The Hall–Kier alpha value is -10.4. The lowest BCUT2D eigenvalue weighted by molar-refractivity contribution is 0.0483. The first-order valence-electron chi connectivity index (χ1n) is 28.2. The number of carbonyl (C=O) groups excluding carboxylic acids is 8. The summed E-state index contributed by atoms with van der Waals surface area (Å²) in [5.74, 6) is -12.8. The van der Waals surface area contributed by atoms with Gasteiger partial charge in [-0.05, 0) is 102 Å². The Morgan fingerprint density at radius 1 is 0.272 bits per heavy atom. The van der Waals surface area contributed by atoms with Gasteiger partial charge in [0.15, 0.2) is 23.1 Å². The lowest BCUT2D eigenvalue weighted by Crippen LogP contribution is -2.31. The summed E-state index contributed by atoms with van der Waals surface area (Å²) in [7, 11) is 0. The van der Waals surface area contributed by atoms with Gasteiger partial charge in [0.1, 0.15) is 22.4 Å². The van der Waals surface area contributed by atoms with Gasteiger partial charge in [-0.2, -0.15) is 0 Å². The van der Waals surface area contributed by atoms with Crippen molar-refractivity contribution in [3.8, 4) is 0 Å². The van der Waals surface area contributed by atoms with Gasteiger partial charge < -0.3 is 59.8 Å². The van der Waals surface area contributed by atoms with Gasteiger partial charge in [-0.3, -0.25) is 19.2 Å². The number of benzene rings is 6. The summed E-state index contributed by atoms with van der Waals surface area (Å²) in [5, 5.41) is 78.3. The zero-order valence-corrected chi connectivity index (χ0v) is 51.3. The molecule has 8 N–H and O–H groups in total. The number of aliphatic hydroxyl groups is 4. The summed E-state index contributed by atoms with van der Waals surface area (Å²) in [5.41, 5.74) is -7.32. The van der Waals surface area contributed by atoms with Crippen molar-refractivity contribution in [3.63, 3.8) is 0 Å². The number of hydrogen-bond acceptors (Lipinski definition) is 20. The van der Waals surface area contributed by atoms with E-state index in [0.717, 1.165) is 18.2 Å². The van der Waals surface area contributed by atoms with Gasteiger partial charge in [-0.15, -0.1) is 0 Å². The Balaban J connectivity index is 0.000000334. The van der Waals surface area contributed by atoms with Gasteiger partial charge in [-0.25, -0.2) is 38.4 Å².